The van der Waals surface area contributed by atoms with Gasteiger partial charge in [-0.2, -0.15) is 0 Å². The van der Waals surface area contributed by atoms with Crippen LogP contribution in [-0.4, -0.2) is 32.6 Å². The second-order valence-electron chi connectivity index (χ2n) is 5.35. The fourth-order valence-corrected chi connectivity index (χ4v) is 2.32. The molecule has 0 radical (unpaired) electrons. The zero-order chi connectivity index (χ0) is 14.9. The van der Waals surface area contributed by atoms with Crippen molar-refractivity contribution >= 4 is 0 Å². The first-order valence-electron chi connectivity index (χ1n) is 8.79. The summed E-state index contributed by atoms with van der Waals surface area (Å²) in [5.74, 6) is 0. The highest BCUT2D eigenvalue weighted by atomic mass is 16.7. The largest absolute Gasteiger partial charge is 0.353 e. The molecule has 122 valence electrons. The molecule has 0 spiro atoms. The Morgan fingerprint density at radius 2 is 1.25 bits per heavy atom. The summed E-state index contributed by atoms with van der Waals surface area (Å²) < 4.78 is 11.0. The Hall–Kier alpha value is -0.120. The zero-order valence-electron chi connectivity index (χ0n) is 14.1. The smallest absolute Gasteiger partial charge is 0.158 e. The van der Waals surface area contributed by atoms with Gasteiger partial charge in [0.05, 0.1) is 0 Å². The van der Waals surface area contributed by atoms with E-state index in [2.05, 4.69) is 12.2 Å². The SMILES string of the molecule is CCCCCCCCCCNCCC(OCC)OCC. The van der Waals surface area contributed by atoms with E-state index in [9.17, 15) is 0 Å². The molecule has 0 aromatic heterocycles. The van der Waals surface area contributed by atoms with E-state index in [0.717, 1.165) is 32.7 Å². The van der Waals surface area contributed by atoms with Gasteiger partial charge in [-0.3, -0.25) is 0 Å². The van der Waals surface area contributed by atoms with E-state index in [4.69, 9.17) is 9.47 Å². The third kappa shape index (κ3) is 14.3. The van der Waals surface area contributed by atoms with Crippen LogP contribution in [0.5, 0.6) is 0 Å². The van der Waals surface area contributed by atoms with Crippen LogP contribution < -0.4 is 5.32 Å². The fraction of sp³-hybridized carbons (Fsp3) is 1.00. The van der Waals surface area contributed by atoms with Crippen molar-refractivity contribution in [1.29, 1.82) is 0 Å². The van der Waals surface area contributed by atoms with E-state index >= 15 is 0 Å². The van der Waals surface area contributed by atoms with Gasteiger partial charge in [0.1, 0.15) is 0 Å². The van der Waals surface area contributed by atoms with Crippen molar-refractivity contribution in [2.24, 2.45) is 0 Å². The molecule has 0 unspecified atom stereocenters. The van der Waals surface area contributed by atoms with Gasteiger partial charge in [0, 0.05) is 19.6 Å². The lowest BCUT2D eigenvalue weighted by atomic mass is 10.1. The van der Waals surface area contributed by atoms with Crippen LogP contribution in [0.1, 0.15) is 78.6 Å². The topological polar surface area (TPSA) is 30.5 Å². The molecule has 0 aliphatic carbocycles. The highest BCUT2D eigenvalue weighted by Gasteiger charge is 2.06. The number of hydrogen-bond acceptors (Lipinski definition) is 3. The molecule has 0 saturated carbocycles. The first-order valence-corrected chi connectivity index (χ1v) is 8.79. The molecule has 0 aromatic rings. The van der Waals surface area contributed by atoms with E-state index in [1.807, 2.05) is 13.8 Å². The molecule has 0 amide bonds. The minimum atomic E-state index is -0.0314. The molecule has 0 aliphatic rings. The van der Waals surface area contributed by atoms with Gasteiger partial charge in [0.25, 0.3) is 0 Å². The Morgan fingerprint density at radius 3 is 1.80 bits per heavy atom. The van der Waals surface area contributed by atoms with Crippen molar-refractivity contribution in [3.05, 3.63) is 0 Å². The standard InChI is InChI=1S/C17H37NO2/c1-4-7-8-9-10-11-12-13-15-18-16-14-17(19-5-2)20-6-3/h17-18H,4-16H2,1-3H3. The van der Waals surface area contributed by atoms with E-state index in [1.165, 1.54) is 51.4 Å². The predicted octanol–water partition coefficient (Wildman–Crippen LogP) is 4.51. The lowest BCUT2D eigenvalue weighted by Gasteiger charge is -2.16. The van der Waals surface area contributed by atoms with Crippen molar-refractivity contribution in [1.82, 2.24) is 5.32 Å². The monoisotopic (exact) mass is 287 g/mol. The summed E-state index contributed by atoms with van der Waals surface area (Å²) >= 11 is 0. The van der Waals surface area contributed by atoms with Crippen LogP contribution in [0.2, 0.25) is 0 Å². The molecule has 0 aliphatic heterocycles. The molecule has 0 atom stereocenters. The van der Waals surface area contributed by atoms with E-state index < -0.39 is 0 Å². The summed E-state index contributed by atoms with van der Waals surface area (Å²) in [6, 6.07) is 0. The maximum Gasteiger partial charge on any atom is 0.158 e. The molecule has 3 heteroatoms. The van der Waals surface area contributed by atoms with Gasteiger partial charge in [-0.25, -0.2) is 0 Å². The van der Waals surface area contributed by atoms with Crippen molar-refractivity contribution < 1.29 is 9.47 Å². The summed E-state index contributed by atoms with van der Waals surface area (Å²) in [7, 11) is 0. The Balaban J connectivity index is 3.18. The van der Waals surface area contributed by atoms with Crippen molar-refractivity contribution in [2.75, 3.05) is 26.3 Å². The molecule has 1 N–H and O–H groups in total. The van der Waals surface area contributed by atoms with Gasteiger partial charge in [0.15, 0.2) is 6.29 Å². The molecule has 0 heterocycles. The average Bonchev–Trinajstić information content (AvgIpc) is 2.45. The molecular formula is C17H37NO2. The lowest BCUT2D eigenvalue weighted by Crippen LogP contribution is -2.25. The predicted molar refractivity (Wildman–Crippen MR) is 87.1 cm³/mol. The second kappa shape index (κ2) is 16.9. The third-order valence-corrected chi connectivity index (χ3v) is 3.47. The van der Waals surface area contributed by atoms with Gasteiger partial charge in [-0.1, -0.05) is 51.9 Å². The summed E-state index contributed by atoms with van der Waals surface area (Å²) in [5, 5.41) is 3.48. The number of nitrogens with one attached hydrogen (secondary N) is 1. The molecule has 20 heavy (non-hydrogen) atoms. The summed E-state index contributed by atoms with van der Waals surface area (Å²) in [4.78, 5) is 0. The highest BCUT2D eigenvalue weighted by Crippen LogP contribution is 2.08. The molecule has 0 bridgehead atoms. The maximum atomic E-state index is 5.51. The molecular weight excluding hydrogens is 250 g/mol. The number of unbranched alkanes of at least 4 members (excludes halogenated alkanes) is 7. The lowest BCUT2D eigenvalue weighted by molar-refractivity contribution is -0.138. The van der Waals surface area contributed by atoms with Crippen LogP contribution >= 0.6 is 0 Å². The molecule has 0 aromatic carbocycles. The summed E-state index contributed by atoms with van der Waals surface area (Å²) in [6.45, 7) is 9.86. The van der Waals surface area contributed by atoms with Crippen molar-refractivity contribution in [2.45, 2.75) is 84.8 Å². The molecule has 0 rings (SSSR count). The number of ether oxygens (including phenoxy) is 2. The first kappa shape index (κ1) is 19.9. The average molecular weight is 287 g/mol. The normalized spacial score (nSPS) is 11.4. The summed E-state index contributed by atoms with van der Waals surface area (Å²) in [6.07, 6.45) is 12.0. The fourth-order valence-electron chi connectivity index (χ4n) is 2.32. The van der Waals surface area contributed by atoms with Gasteiger partial charge in [-0.15, -0.1) is 0 Å². The molecule has 3 nitrogen and oxygen atoms in total. The van der Waals surface area contributed by atoms with Gasteiger partial charge in [0.2, 0.25) is 0 Å². The van der Waals surface area contributed by atoms with Crippen molar-refractivity contribution in [3.8, 4) is 0 Å². The van der Waals surface area contributed by atoms with E-state index in [0.29, 0.717) is 0 Å². The van der Waals surface area contributed by atoms with Crippen LogP contribution in [0.25, 0.3) is 0 Å². The Labute approximate surface area is 126 Å². The molecule has 0 fully saturated rings. The van der Waals surface area contributed by atoms with Crippen LogP contribution in [0.4, 0.5) is 0 Å². The van der Waals surface area contributed by atoms with Crippen molar-refractivity contribution in [3.63, 3.8) is 0 Å². The quantitative estimate of drug-likeness (QED) is 0.335. The first-order chi connectivity index (χ1) is 9.85. The minimum absolute atomic E-state index is 0.0314. The third-order valence-electron chi connectivity index (χ3n) is 3.47. The van der Waals surface area contributed by atoms with E-state index in [1.54, 1.807) is 0 Å². The van der Waals surface area contributed by atoms with Crippen LogP contribution in [0, 0.1) is 0 Å². The van der Waals surface area contributed by atoms with Crippen LogP contribution in [0.15, 0.2) is 0 Å². The van der Waals surface area contributed by atoms with Gasteiger partial charge >= 0.3 is 0 Å². The Kier molecular flexibility index (Phi) is 16.8. The van der Waals surface area contributed by atoms with Gasteiger partial charge in [-0.05, 0) is 33.4 Å². The van der Waals surface area contributed by atoms with Crippen LogP contribution in [0.3, 0.4) is 0 Å². The molecule has 0 saturated heterocycles. The van der Waals surface area contributed by atoms with E-state index in [-0.39, 0.29) is 6.29 Å². The maximum absolute atomic E-state index is 5.51. The number of hydrogen-bond donors (Lipinski definition) is 1. The highest BCUT2D eigenvalue weighted by molar-refractivity contribution is 4.53. The zero-order valence-corrected chi connectivity index (χ0v) is 14.1. The number of rotatable bonds is 16. The summed E-state index contributed by atoms with van der Waals surface area (Å²) in [5.41, 5.74) is 0. The van der Waals surface area contributed by atoms with Gasteiger partial charge < -0.3 is 14.8 Å². The minimum Gasteiger partial charge on any atom is -0.353 e. The Morgan fingerprint density at radius 1 is 0.700 bits per heavy atom. The van der Waals surface area contributed by atoms with Crippen LogP contribution in [-0.2, 0) is 9.47 Å². The Bertz CT molecular complexity index is 170. The second-order valence-corrected chi connectivity index (χ2v) is 5.35.